The van der Waals surface area contributed by atoms with Gasteiger partial charge in [-0.25, -0.2) is 0 Å². The van der Waals surface area contributed by atoms with Crippen LogP contribution in [0, 0.1) is 12.3 Å². The minimum absolute atomic E-state index is 0.280. The SMILES string of the molecule is CCn1nc(C)c(Br)c1CC(=O)C1(CN)CCCC1. The quantitative estimate of drug-likeness (QED) is 0.904. The number of carbonyl (C=O) groups is 1. The van der Waals surface area contributed by atoms with Crippen LogP contribution in [0.5, 0.6) is 0 Å². The lowest BCUT2D eigenvalue weighted by molar-refractivity contribution is -0.127. The molecular weight excluding hydrogens is 306 g/mol. The Hall–Kier alpha value is -0.680. The van der Waals surface area contributed by atoms with E-state index < -0.39 is 0 Å². The molecule has 4 nitrogen and oxygen atoms in total. The molecule has 0 radical (unpaired) electrons. The minimum atomic E-state index is -0.282. The molecule has 0 aliphatic heterocycles. The van der Waals surface area contributed by atoms with Crippen molar-refractivity contribution in [2.24, 2.45) is 11.1 Å². The van der Waals surface area contributed by atoms with Crippen LogP contribution < -0.4 is 5.73 Å². The van der Waals surface area contributed by atoms with E-state index in [1.807, 2.05) is 18.5 Å². The Balaban J connectivity index is 2.23. The first-order valence-corrected chi connectivity index (χ1v) is 7.78. The van der Waals surface area contributed by atoms with Crippen molar-refractivity contribution in [2.45, 2.75) is 52.5 Å². The Morgan fingerprint density at radius 1 is 1.47 bits per heavy atom. The molecule has 1 aromatic heterocycles. The summed E-state index contributed by atoms with van der Waals surface area (Å²) < 4.78 is 2.88. The lowest BCUT2D eigenvalue weighted by atomic mass is 9.80. The number of aryl methyl sites for hydroxylation is 2. The van der Waals surface area contributed by atoms with Gasteiger partial charge < -0.3 is 5.73 Å². The number of nitrogens with two attached hydrogens (primary N) is 1. The van der Waals surface area contributed by atoms with Crippen LogP contribution in [0.3, 0.4) is 0 Å². The van der Waals surface area contributed by atoms with Gasteiger partial charge in [0, 0.05) is 18.5 Å². The summed E-state index contributed by atoms with van der Waals surface area (Å²) in [5.41, 5.74) is 7.53. The van der Waals surface area contributed by atoms with Gasteiger partial charge in [0.05, 0.1) is 22.3 Å². The van der Waals surface area contributed by atoms with Crippen LogP contribution in [0.1, 0.15) is 44.0 Å². The zero-order valence-electron chi connectivity index (χ0n) is 11.7. The van der Waals surface area contributed by atoms with Crippen molar-refractivity contribution in [3.8, 4) is 0 Å². The Morgan fingerprint density at radius 3 is 2.63 bits per heavy atom. The second-order valence-corrected chi connectivity index (χ2v) is 6.25. The van der Waals surface area contributed by atoms with Crippen molar-refractivity contribution in [1.82, 2.24) is 9.78 Å². The van der Waals surface area contributed by atoms with E-state index in [9.17, 15) is 4.79 Å². The number of halogens is 1. The Bertz CT molecular complexity index is 475. The van der Waals surface area contributed by atoms with Crippen LogP contribution in [0.4, 0.5) is 0 Å². The van der Waals surface area contributed by atoms with Crippen LogP contribution in [0.2, 0.25) is 0 Å². The number of rotatable bonds is 5. The van der Waals surface area contributed by atoms with Crippen LogP contribution >= 0.6 is 15.9 Å². The van der Waals surface area contributed by atoms with Gasteiger partial charge in [0.15, 0.2) is 0 Å². The molecule has 0 amide bonds. The zero-order chi connectivity index (χ0) is 14.0. The molecule has 0 bridgehead atoms. The number of hydrogen-bond acceptors (Lipinski definition) is 3. The van der Waals surface area contributed by atoms with E-state index in [0.717, 1.165) is 48.1 Å². The van der Waals surface area contributed by atoms with Gasteiger partial charge in [0.25, 0.3) is 0 Å². The number of ketones is 1. The average molecular weight is 328 g/mol. The number of hydrogen-bond donors (Lipinski definition) is 1. The predicted octanol–water partition coefficient (Wildman–Crippen LogP) is 2.60. The first-order valence-electron chi connectivity index (χ1n) is 6.99. The molecule has 1 aliphatic carbocycles. The fourth-order valence-corrected chi connectivity index (χ4v) is 3.45. The monoisotopic (exact) mass is 327 g/mol. The minimum Gasteiger partial charge on any atom is -0.329 e. The fourth-order valence-electron chi connectivity index (χ4n) is 3.03. The van der Waals surface area contributed by atoms with Crippen molar-refractivity contribution < 1.29 is 4.79 Å². The fraction of sp³-hybridized carbons (Fsp3) is 0.714. The predicted molar refractivity (Wildman–Crippen MR) is 79.0 cm³/mol. The highest BCUT2D eigenvalue weighted by Gasteiger charge is 2.39. The van der Waals surface area contributed by atoms with E-state index in [4.69, 9.17) is 5.73 Å². The van der Waals surface area contributed by atoms with E-state index in [2.05, 4.69) is 21.0 Å². The maximum absolute atomic E-state index is 12.7. The van der Waals surface area contributed by atoms with Crippen LogP contribution in [0.25, 0.3) is 0 Å². The van der Waals surface area contributed by atoms with E-state index in [0.29, 0.717) is 13.0 Å². The number of nitrogens with zero attached hydrogens (tertiary/aromatic N) is 2. The standard InChI is InChI=1S/C14H22BrN3O/c1-3-18-11(13(15)10(2)17-18)8-12(19)14(9-16)6-4-5-7-14/h3-9,16H2,1-2H3. The van der Waals surface area contributed by atoms with E-state index in [-0.39, 0.29) is 11.2 Å². The Kier molecular flexibility index (Phi) is 4.46. The topological polar surface area (TPSA) is 60.9 Å². The van der Waals surface area contributed by atoms with Crippen molar-refractivity contribution in [3.63, 3.8) is 0 Å². The molecule has 0 saturated heterocycles. The first kappa shape index (κ1) is 14.7. The highest BCUT2D eigenvalue weighted by molar-refractivity contribution is 9.10. The molecule has 1 saturated carbocycles. The summed E-state index contributed by atoms with van der Waals surface area (Å²) in [7, 11) is 0. The molecule has 1 aliphatic rings. The normalized spacial score (nSPS) is 17.9. The summed E-state index contributed by atoms with van der Waals surface area (Å²) >= 11 is 3.55. The highest BCUT2D eigenvalue weighted by atomic mass is 79.9. The third kappa shape index (κ3) is 2.63. The second-order valence-electron chi connectivity index (χ2n) is 5.45. The highest BCUT2D eigenvalue weighted by Crippen LogP contribution is 2.39. The van der Waals surface area contributed by atoms with Gasteiger partial charge in [-0.3, -0.25) is 9.48 Å². The molecule has 2 rings (SSSR count). The second kappa shape index (κ2) is 5.75. The molecular formula is C14H22BrN3O. The summed E-state index contributed by atoms with van der Waals surface area (Å²) in [6.07, 6.45) is 4.57. The summed E-state index contributed by atoms with van der Waals surface area (Å²) in [4.78, 5) is 12.7. The third-order valence-electron chi connectivity index (χ3n) is 4.32. The molecule has 106 valence electrons. The third-order valence-corrected chi connectivity index (χ3v) is 5.36. The zero-order valence-corrected chi connectivity index (χ0v) is 13.3. The van der Waals surface area contributed by atoms with Gasteiger partial charge in [-0.15, -0.1) is 0 Å². The van der Waals surface area contributed by atoms with Crippen LogP contribution in [0.15, 0.2) is 4.47 Å². The van der Waals surface area contributed by atoms with Gasteiger partial charge in [-0.2, -0.15) is 5.10 Å². The molecule has 0 unspecified atom stereocenters. The Morgan fingerprint density at radius 2 is 2.11 bits per heavy atom. The van der Waals surface area contributed by atoms with Gasteiger partial charge in [-0.1, -0.05) is 12.8 Å². The lowest BCUT2D eigenvalue weighted by Gasteiger charge is -2.25. The summed E-state index contributed by atoms with van der Waals surface area (Å²) in [5.74, 6) is 0.280. The maximum atomic E-state index is 12.7. The molecule has 5 heteroatoms. The summed E-state index contributed by atoms with van der Waals surface area (Å²) in [6.45, 7) is 5.26. The average Bonchev–Trinajstić information content (AvgIpc) is 2.99. The molecule has 1 heterocycles. The molecule has 0 atom stereocenters. The van der Waals surface area contributed by atoms with Gasteiger partial charge in [0.2, 0.25) is 0 Å². The number of carbonyl (C=O) groups excluding carboxylic acids is 1. The lowest BCUT2D eigenvalue weighted by Crippen LogP contribution is -2.37. The summed E-state index contributed by atoms with van der Waals surface area (Å²) in [5, 5.41) is 4.44. The molecule has 2 N–H and O–H groups in total. The number of aromatic nitrogens is 2. The van der Waals surface area contributed by atoms with Crippen molar-refractivity contribution >= 4 is 21.7 Å². The first-order chi connectivity index (χ1) is 9.04. The van der Waals surface area contributed by atoms with E-state index in [1.54, 1.807) is 0 Å². The van der Waals surface area contributed by atoms with Crippen molar-refractivity contribution in [2.75, 3.05) is 6.54 Å². The summed E-state index contributed by atoms with van der Waals surface area (Å²) in [6, 6.07) is 0. The maximum Gasteiger partial charge on any atom is 0.146 e. The smallest absolute Gasteiger partial charge is 0.146 e. The molecule has 0 spiro atoms. The van der Waals surface area contributed by atoms with Crippen molar-refractivity contribution in [1.29, 1.82) is 0 Å². The van der Waals surface area contributed by atoms with Crippen LogP contribution in [-0.4, -0.2) is 22.1 Å². The largest absolute Gasteiger partial charge is 0.329 e. The Labute approximate surface area is 122 Å². The molecule has 0 aromatic carbocycles. The molecule has 1 aromatic rings. The van der Waals surface area contributed by atoms with E-state index in [1.165, 1.54) is 0 Å². The van der Waals surface area contributed by atoms with Gasteiger partial charge in [-0.05, 0) is 42.6 Å². The van der Waals surface area contributed by atoms with Gasteiger partial charge in [0.1, 0.15) is 5.78 Å². The number of Topliss-reactive ketones (excluding diaryl/α,β-unsaturated/α-hetero) is 1. The van der Waals surface area contributed by atoms with Crippen molar-refractivity contribution in [3.05, 3.63) is 15.9 Å². The van der Waals surface area contributed by atoms with Gasteiger partial charge >= 0.3 is 0 Å². The van der Waals surface area contributed by atoms with E-state index >= 15 is 0 Å². The van der Waals surface area contributed by atoms with Crippen LogP contribution in [-0.2, 0) is 17.8 Å². The molecule has 19 heavy (non-hydrogen) atoms. The molecule has 1 fully saturated rings.